The van der Waals surface area contributed by atoms with Crippen LogP contribution in [0.15, 0.2) is 23.1 Å². The molecule has 0 saturated carbocycles. The van der Waals surface area contributed by atoms with Gasteiger partial charge in [0, 0.05) is 5.02 Å². The number of hydrogen-bond donors (Lipinski definition) is 1. The van der Waals surface area contributed by atoms with E-state index >= 15 is 0 Å². The average molecular weight is 304 g/mol. The van der Waals surface area contributed by atoms with Gasteiger partial charge in [-0.25, -0.2) is 8.42 Å². The predicted molar refractivity (Wildman–Crippen MR) is 71.6 cm³/mol. The van der Waals surface area contributed by atoms with Crippen LogP contribution in [0.1, 0.15) is 10.6 Å². The van der Waals surface area contributed by atoms with Crippen LogP contribution in [-0.2, 0) is 10.0 Å². The van der Waals surface area contributed by atoms with Gasteiger partial charge in [-0.2, -0.15) is 0 Å². The Morgan fingerprint density at radius 1 is 1.28 bits per heavy atom. The number of sulfonamides is 1. The highest BCUT2D eigenvalue weighted by Gasteiger charge is 2.17. The lowest BCUT2D eigenvalue weighted by atomic mass is 10.2. The molecule has 1 N–H and O–H groups in total. The Labute approximate surface area is 114 Å². The standard InChI is InChI=1S/C10H10ClN3O2S2/c1-6-5-8(3-4-9(6)11)18(15,16)14-10-13-12-7(2)17-10/h3-5H,1-2H3,(H,13,14). The van der Waals surface area contributed by atoms with E-state index in [2.05, 4.69) is 14.9 Å². The van der Waals surface area contributed by atoms with Crippen molar-refractivity contribution in [3.8, 4) is 0 Å². The summed E-state index contributed by atoms with van der Waals surface area (Å²) < 4.78 is 26.5. The summed E-state index contributed by atoms with van der Waals surface area (Å²) in [5.41, 5.74) is 0.702. The predicted octanol–water partition coefficient (Wildman–Crippen LogP) is 2.61. The summed E-state index contributed by atoms with van der Waals surface area (Å²) in [7, 11) is -3.64. The Balaban J connectivity index is 2.33. The van der Waals surface area contributed by atoms with E-state index in [0.29, 0.717) is 15.6 Å². The molecule has 96 valence electrons. The molecule has 2 rings (SSSR count). The number of benzene rings is 1. The number of nitrogens with zero attached hydrogens (tertiary/aromatic N) is 2. The molecular formula is C10H10ClN3O2S2. The third-order valence-corrected chi connectivity index (χ3v) is 4.83. The number of aryl methyl sites for hydroxylation is 2. The van der Waals surface area contributed by atoms with Crippen LogP contribution in [-0.4, -0.2) is 18.6 Å². The summed E-state index contributed by atoms with van der Waals surface area (Å²) in [5, 5.41) is 8.94. The molecular weight excluding hydrogens is 294 g/mol. The van der Waals surface area contributed by atoms with Crippen molar-refractivity contribution in [2.45, 2.75) is 18.7 Å². The average Bonchev–Trinajstić information content (AvgIpc) is 2.67. The quantitative estimate of drug-likeness (QED) is 0.946. The molecule has 0 aliphatic heterocycles. The minimum absolute atomic E-state index is 0.150. The Hall–Kier alpha value is -1.18. The van der Waals surface area contributed by atoms with Gasteiger partial charge in [0.05, 0.1) is 4.90 Å². The minimum Gasteiger partial charge on any atom is -0.253 e. The van der Waals surface area contributed by atoms with Crippen LogP contribution in [0.2, 0.25) is 5.02 Å². The topological polar surface area (TPSA) is 72.0 Å². The maximum Gasteiger partial charge on any atom is 0.263 e. The van der Waals surface area contributed by atoms with Crippen molar-refractivity contribution in [2.24, 2.45) is 0 Å². The van der Waals surface area contributed by atoms with E-state index in [1.54, 1.807) is 19.9 Å². The zero-order valence-electron chi connectivity index (χ0n) is 9.64. The molecule has 0 atom stereocenters. The van der Waals surface area contributed by atoms with Crippen molar-refractivity contribution in [2.75, 3.05) is 4.72 Å². The fourth-order valence-electron chi connectivity index (χ4n) is 1.30. The van der Waals surface area contributed by atoms with Crippen LogP contribution < -0.4 is 4.72 Å². The van der Waals surface area contributed by atoms with Gasteiger partial charge in [-0.05, 0) is 37.6 Å². The molecule has 0 bridgehead atoms. The Morgan fingerprint density at radius 2 is 2.00 bits per heavy atom. The van der Waals surface area contributed by atoms with Crippen LogP contribution in [0.25, 0.3) is 0 Å². The largest absolute Gasteiger partial charge is 0.263 e. The lowest BCUT2D eigenvalue weighted by Gasteiger charge is -2.06. The first-order chi connectivity index (χ1) is 8.38. The lowest BCUT2D eigenvalue weighted by molar-refractivity contribution is 0.601. The van der Waals surface area contributed by atoms with Gasteiger partial charge in [-0.3, -0.25) is 4.72 Å². The van der Waals surface area contributed by atoms with Crippen molar-refractivity contribution < 1.29 is 8.42 Å². The van der Waals surface area contributed by atoms with Crippen molar-refractivity contribution in [1.82, 2.24) is 10.2 Å². The van der Waals surface area contributed by atoms with Gasteiger partial charge in [0.15, 0.2) is 0 Å². The maximum atomic E-state index is 12.1. The van der Waals surface area contributed by atoms with Crippen molar-refractivity contribution >= 4 is 38.1 Å². The number of aromatic nitrogens is 2. The van der Waals surface area contributed by atoms with Crippen molar-refractivity contribution in [3.63, 3.8) is 0 Å². The highest BCUT2D eigenvalue weighted by molar-refractivity contribution is 7.93. The SMILES string of the molecule is Cc1nnc(NS(=O)(=O)c2ccc(Cl)c(C)c2)s1. The highest BCUT2D eigenvalue weighted by Crippen LogP contribution is 2.22. The zero-order chi connectivity index (χ0) is 13.3. The molecule has 0 unspecified atom stereocenters. The first-order valence-corrected chi connectivity index (χ1v) is 7.65. The molecule has 0 radical (unpaired) electrons. The summed E-state index contributed by atoms with van der Waals surface area (Å²) in [4.78, 5) is 0.150. The molecule has 0 saturated heterocycles. The van der Waals surface area contributed by atoms with Gasteiger partial charge in [0.1, 0.15) is 5.01 Å². The smallest absolute Gasteiger partial charge is 0.253 e. The maximum absolute atomic E-state index is 12.1. The minimum atomic E-state index is -3.64. The second-order valence-corrected chi connectivity index (χ2v) is 6.91. The van der Waals surface area contributed by atoms with Crippen LogP contribution in [0.4, 0.5) is 5.13 Å². The van der Waals surface area contributed by atoms with Crippen molar-refractivity contribution in [1.29, 1.82) is 0 Å². The Bertz CT molecular complexity index is 682. The fraction of sp³-hybridized carbons (Fsp3) is 0.200. The lowest BCUT2D eigenvalue weighted by Crippen LogP contribution is -2.12. The molecule has 0 aliphatic rings. The van der Waals surface area contributed by atoms with E-state index in [-0.39, 0.29) is 10.0 Å². The molecule has 5 nitrogen and oxygen atoms in total. The van der Waals surface area contributed by atoms with Gasteiger partial charge < -0.3 is 0 Å². The molecule has 1 heterocycles. The van der Waals surface area contributed by atoms with Crippen LogP contribution in [0.3, 0.4) is 0 Å². The summed E-state index contributed by atoms with van der Waals surface area (Å²) in [6.07, 6.45) is 0. The molecule has 0 amide bonds. The van der Waals surface area contributed by atoms with E-state index < -0.39 is 10.0 Å². The second-order valence-electron chi connectivity index (χ2n) is 3.64. The molecule has 0 spiro atoms. The molecule has 2 aromatic rings. The van der Waals surface area contributed by atoms with E-state index in [4.69, 9.17) is 11.6 Å². The second kappa shape index (κ2) is 4.83. The molecule has 8 heteroatoms. The number of anilines is 1. The molecule has 1 aromatic carbocycles. The summed E-state index contributed by atoms with van der Waals surface area (Å²) in [6.45, 7) is 3.50. The van der Waals surface area contributed by atoms with Crippen molar-refractivity contribution in [3.05, 3.63) is 33.8 Å². The monoisotopic (exact) mass is 303 g/mol. The molecule has 0 fully saturated rings. The van der Waals surface area contributed by atoms with Crippen LogP contribution in [0, 0.1) is 13.8 Å². The van der Waals surface area contributed by atoms with Gasteiger partial charge in [0.2, 0.25) is 5.13 Å². The van der Waals surface area contributed by atoms with Gasteiger partial charge in [-0.15, -0.1) is 10.2 Å². The fourth-order valence-corrected chi connectivity index (χ4v) is 3.32. The first kappa shape index (κ1) is 13.3. The normalized spacial score (nSPS) is 11.5. The highest BCUT2D eigenvalue weighted by atomic mass is 35.5. The number of hydrogen-bond acceptors (Lipinski definition) is 5. The molecule has 18 heavy (non-hydrogen) atoms. The number of rotatable bonds is 3. The van der Waals surface area contributed by atoms with Gasteiger partial charge in [0.25, 0.3) is 10.0 Å². The first-order valence-electron chi connectivity index (χ1n) is 4.97. The summed E-state index contributed by atoms with van der Waals surface area (Å²) >= 11 is 7.04. The van der Waals surface area contributed by atoms with Crippen LogP contribution in [0.5, 0.6) is 0 Å². The van der Waals surface area contributed by atoms with Gasteiger partial charge >= 0.3 is 0 Å². The van der Waals surface area contributed by atoms with Gasteiger partial charge in [-0.1, -0.05) is 22.9 Å². The van der Waals surface area contributed by atoms with E-state index in [9.17, 15) is 8.42 Å². The molecule has 0 aliphatic carbocycles. The van der Waals surface area contributed by atoms with Crippen LogP contribution >= 0.6 is 22.9 Å². The Morgan fingerprint density at radius 3 is 2.56 bits per heavy atom. The van der Waals surface area contributed by atoms with E-state index in [1.165, 1.54) is 23.5 Å². The third-order valence-electron chi connectivity index (χ3n) is 2.19. The Kier molecular flexibility index (Phi) is 3.56. The molecule has 1 aromatic heterocycles. The zero-order valence-corrected chi connectivity index (χ0v) is 12.0. The third kappa shape index (κ3) is 2.80. The van der Waals surface area contributed by atoms with E-state index in [1.807, 2.05) is 0 Å². The number of nitrogens with one attached hydrogen (secondary N) is 1. The summed E-state index contributed by atoms with van der Waals surface area (Å²) in [5.74, 6) is 0. The van der Waals surface area contributed by atoms with E-state index in [0.717, 1.165) is 0 Å². The number of halogens is 1. The summed E-state index contributed by atoms with van der Waals surface area (Å²) in [6, 6.07) is 4.51.